The van der Waals surface area contributed by atoms with E-state index in [9.17, 15) is 14.3 Å². The maximum Gasteiger partial charge on any atom is 0.257 e. The van der Waals surface area contributed by atoms with Crippen molar-refractivity contribution in [2.45, 2.75) is 18.5 Å². The molecular formula is C20H21FN4O2. The zero-order valence-electron chi connectivity index (χ0n) is 15.0. The Morgan fingerprint density at radius 3 is 2.74 bits per heavy atom. The quantitative estimate of drug-likeness (QED) is 0.741. The van der Waals surface area contributed by atoms with Crippen LogP contribution in [-0.4, -0.2) is 50.8 Å². The smallest absolute Gasteiger partial charge is 0.257 e. The number of rotatable bonds is 4. The second-order valence-corrected chi connectivity index (χ2v) is 6.93. The average Bonchev–Trinajstić information content (AvgIpc) is 3.26. The van der Waals surface area contributed by atoms with Crippen LogP contribution in [0.5, 0.6) is 0 Å². The number of aromatic amines is 1. The summed E-state index contributed by atoms with van der Waals surface area (Å²) in [5.41, 5.74) is 2.41. The van der Waals surface area contributed by atoms with Crippen molar-refractivity contribution >= 4 is 0 Å². The first kappa shape index (κ1) is 17.6. The number of H-pyrrole nitrogens is 1. The number of halogens is 1. The van der Waals surface area contributed by atoms with Crippen molar-refractivity contribution in [3.05, 3.63) is 65.1 Å². The van der Waals surface area contributed by atoms with Crippen LogP contribution in [0, 0.1) is 5.82 Å². The molecule has 0 saturated carbocycles. The summed E-state index contributed by atoms with van der Waals surface area (Å²) in [7, 11) is 1.98. The van der Waals surface area contributed by atoms with Gasteiger partial charge >= 0.3 is 0 Å². The van der Waals surface area contributed by atoms with Crippen molar-refractivity contribution in [2.75, 3.05) is 20.2 Å². The number of nitrogens with one attached hydrogen (secondary N) is 1. The van der Waals surface area contributed by atoms with Crippen LogP contribution in [0.15, 0.2) is 53.7 Å². The van der Waals surface area contributed by atoms with Gasteiger partial charge < -0.3 is 14.7 Å². The lowest BCUT2D eigenvalue weighted by molar-refractivity contribution is 0.182. The zero-order valence-corrected chi connectivity index (χ0v) is 15.0. The predicted octanol–water partition coefficient (Wildman–Crippen LogP) is 2.28. The number of likely N-dealkylation sites (tertiary alicyclic amines) is 1. The molecule has 7 heteroatoms. The van der Waals surface area contributed by atoms with Crippen molar-refractivity contribution in [3.63, 3.8) is 0 Å². The molecule has 2 aromatic heterocycles. The Morgan fingerprint density at radius 2 is 2.07 bits per heavy atom. The van der Waals surface area contributed by atoms with E-state index in [-0.39, 0.29) is 30.1 Å². The lowest BCUT2D eigenvalue weighted by atomic mass is 10.0. The SMILES string of the molecule is CN1C[C@H](n2cnc(-c3ccc(F)cc3)c2-c2ccc[nH]c2=O)C[C@H]1CO. The summed E-state index contributed by atoms with van der Waals surface area (Å²) in [6.45, 7) is 0.843. The number of hydrogen-bond donors (Lipinski definition) is 2. The Hall–Kier alpha value is -2.77. The third-order valence-corrected chi connectivity index (χ3v) is 5.26. The standard InChI is InChI=1S/C20H21FN4O2/c1-24-10-15(9-16(24)11-26)25-12-23-18(13-4-6-14(21)7-5-13)19(25)17-3-2-8-22-20(17)27/h2-8,12,15-16,26H,9-11H2,1H3,(H,22,27)/t15-,16+/m1/s1. The molecule has 4 rings (SSSR count). The van der Waals surface area contributed by atoms with Crippen LogP contribution in [0.4, 0.5) is 4.39 Å². The molecule has 0 unspecified atom stereocenters. The first-order valence-electron chi connectivity index (χ1n) is 8.90. The lowest BCUT2D eigenvalue weighted by Crippen LogP contribution is -2.27. The van der Waals surface area contributed by atoms with E-state index in [0.29, 0.717) is 17.0 Å². The van der Waals surface area contributed by atoms with Gasteiger partial charge in [-0.25, -0.2) is 9.37 Å². The number of aliphatic hydroxyl groups excluding tert-OH is 1. The van der Waals surface area contributed by atoms with Gasteiger partial charge in [0.2, 0.25) is 0 Å². The molecule has 1 saturated heterocycles. The second-order valence-electron chi connectivity index (χ2n) is 6.93. The van der Waals surface area contributed by atoms with Crippen LogP contribution in [-0.2, 0) is 0 Å². The van der Waals surface area contributed by atoms with Crippen LogP contribution in [0.2, 0.25) is 0 Å². The summed E-state index contributed by atoms with van der Waals surface area (Å²) in [5.74, 6) is -0.319. The number of nitrogens with zero attached hydrogens (tertiary/aromatic N) is 3. The van der Waals surface area contributed by atoms with E-state index in [1.807, 2.05) is 11.6 Å². The molecule has 3 aromatic rings. The topological polar surface area (TPSA) is 74.2 Å². The number of imidazole rings is 1. The van der Waals surface area contributed by atoms with Crippen LogP contribution in [0.1, 0.15) is 12.5 Å². The van der Waals surface area contributed by atoms with Gasteiger partial charge in [-0.1, -0.05) is 0 Å². The highest BCUT2D eigenvalue weighted by Crippen LogP contribution is 2.35. The summed E-state index contributed by atoms with van der Waals surface area (Å²) >= 11 is 0. The van der Waals surface area contributed by atoms with E-state index in [2.05, 4.69) is 14.9 Å². The highest BCUT2D eigenvalue weighted by Gasteiger charge is 2.32. The van der Waals surface area contributed by atoms with Gasteiger partial charge in [-0.3, -0.25) is 9.69 Å². The van der Waals surface area contributed by atoms with E-state index in [0.717, 1.165) is 18.5 Å². The minimum Gasteiger partial charge on any atom is -0.395 e. The van der Waals surface area contributed by atoms with E-state index in [1.165, 1.54) is 12.1 Å². The molecule has 2 N–H and O–H groups in total. The maximum atomic E-state index is 13.4. The van der Waals surface area contributed by atoms with Crippen molar-refractivity contribution in [2.24, 2.45) is 0 Å². The Labute approximate surface area is 155 Å². The van der Waals surface area contributed by atoms with Crippen molar-refractivity contribution in [3.8, 4) is 22.5 Å². The molecule has 0 radical (unpaired) electrons. The van der Waals surface area contributed by atoms with E-state index in [1.54, 1.807) is 36.8 Å². The molecule has 0 aliphatic carbocycles. The fourth-order valence-electron chi connectivity index (χ4n) is 3.80. The van der Waals surface area contributed by atoms with E-state index < -0.39 is 0 Å². The van der Waals surface area contributed by atoms with Gasteiger partial charge in [-0.05, 0) is 49.9 Å². The number of hydrogen-bond acceptors (Lipinski definition) is 4. The minimum atomic E-state index is -0.319. The third-order valence-electron chi connectivity index (χ3n) is 5.26. The zero-order chi connectivity index (χ0) is 19.0. The van der Waals surface area contributed by atoms with Crippen LogP contribution in [0.3, 0.4) is 0 Å². The molecule has 0 bridgehead atoms. The van der Waals surface area contributed by atoms with Crippen LogP contribution >= 0.6 is 0 Å². The number of likely N-dealkylation sites (N-methyl/N-ethyl adjacent to an activating group) is 1. The molecule has 3 heterocycles. The molecule has 2 atom stereocenters. The molecule has 0 amide bonds. The highest BCUT2D eigenvalue weighted by atomic mass is 19.1. The van der Waals surface area contributed by atoms with Crippen molar-refractivity contribution < 1.29 is 9.50 Å². The van der Waals surface area contributed by atoms with Gasteiger partial charge in [0, 0.05) is 30.4 Å². The van der Waals surface area contributed by atoms with E-state index in [4.69, 9.17) is 0 Å². The van der Waals surface area contributed by atoms with Gasteiger partial charge in [-0.2, -0.15) is 0 Å². The average molecular weight is 368 g/mol. The fraction of sp³-hybridized carbons (Fsp3) is 0.300. The molecule has 1 aliphatic heterocycles. The van der Waals surface area contributed by atoms with Crippen LogP contribution in [0.25, 0.3) is 22.5 Å². The summed E-state index contributed by atoms with van der Waals surface area (Å²) in [6.07, 6.45) is 4.10. The molecule has 1 aliphatic rings. The summed E-state index contributed by atoms with van der Waals surface area (Å²) < 4.78 is 15.4. The normalized spacial score (nSPS) is 20.3. The van der Waals surface area contributed by atoms with Crippen molar-refractivity contribution in [1.82, 2.24) is 19.4 Å². The summed E-state index contributed by atoms with van der Waals surface area (Å²) in [5, 5.41) is 9.58. The van der Waals surface area contributed by atoms with Gasteiger partial charge in [0.05, 0.1) is 29.9 Å². The van der Waals surface area contributed by atoms with Gasteiger partial charge in [0.1, 0.15) is 5.82 Å². The molecule has 0 spiro atoms. The van der Waals surface area contributed by atoms with E-state index >= 15 is 0 Å². The number of pyridine rings is 1. The third kappa shape index (κ3) is 3.20. The molecule has 1 fully saturated rings. The molecule has 140 valence electrons. The maximum absolute atomic E-state index is 13.4. The monoisotopic (exact) mass is 368 g/mol. The van der Waals surface area contributed by atoms with Gasteiger partial charge in [0.25, 0.3) is 5.56 Å². The predicted molar refractivity (Wildman–Crippen MR) is 101 cm³/mol. The first-order valence-corrected chi connectivity index (χ1v) is 8.90. The Kier molecular flexibility index (Phi) is 4.63. The second kappa shape index (κ2) is 7.09. The number of benzene rings is 1. The van der Waals surface area contributed by atoms with Crippen LogP contribution < -0.4 is 5.56 Å². The number of aromatic nitrogens is 3. The van der Waals surface area contributed by atoms with Gasteiger partial charge in [0.15, 0.2) is 0 Å². The molecule has 6 nitrogen and oxygen atoms in total. The number of aliphatic hydroxyl groups is 1. The first-order chi connectivity index (χ1) is 13.1. The molecule has 27 heavy (non-hydrogen) atoms. The largest absolute Gasteiger partial charge is 0.395 e. The van der Waals surface area contributed by atoms with Crippen molar-refractivity contribution in [1.29, 1.82) is 0 Å². The summed E-state index contributed by atoms with van der Waals surface area (Å²) in [6, 6.07) is 9.81. The summed E-state index contributed by atoms with van der Waals surface area (Å²) in [4.78, 5) is 21.9. The highest BCUT2D eigenvalue weighted by molar-refractivity contribution is 5.78. The van der Waals surface area contributed by atoms with Gasteiger partial charge in [-0.15, -0.1) is 0 Å². The Bertz CT molecular complexity index is 996. The Morgan fingerprint density at radius 1 is 1.30 bits per heavy atom. The lowest BCUT2D eigenvalue weighted by Gasteiger charge is -2.16. The minimum absolute atomic E-state index is 0.0774. The Balaban J connectivity index is 1.87. The molecular weight excluding hydrogens is 347 g/mol. The molecule has 1 aromatic carbocycles. The fourth-order valence-corrected chi connectivity index (χ4v) is 3.80.